The van der Waals surface area contributed by atoms with Gasteiger partial charge in [0.15, 0.2) is 0 Å². The summed E-state index contributed by atoms with van der Waals surface area (Å²) in [6.45, 7) is 10.7. The van der Waals surface area contributed by atoms with Crippen molar-refractivity contribution in [3.05, 3.63) is 42.5 Å². The third-order valence-corrected chi connectivity index (χ3v) is 5.82. The lowest BCUT2D eigenvalue weighted by Crippen LogP contribution is -2.34. The number of likely N-dealkylation sites (N-methyl/N-ethyl adjacent to an activating group) is 1. The van der Waals surface area contributed by atoms with Gasteiger partial charge in [-0.05, 0) is 50.7 Å². The van der Waals surface area contributed by atoms with E-state index in [-0.39, 0.29) is 11.8 Å². The van der Waals surface area contributed by atoms with Gasteiger partial charge in [0.05, 0.1) is 0 Å². The topological polar surface area (TPSA) is 66.4 Å². The Kier molecular flexibility index (Phi) is 8.06. The van der Waals surface area contributed by atoms with Gasteiger partial charge >= 0.3 is 0 Å². The Hall–Kier alpha value is -2.86. The van der Waals surface area contributed by atoms with Crippen LogP contribution in [0.5, 0.6) is 0 Å². The number of carbonyl (C=O) groups excluding carboxylic acids is 2. The summed E-state index contributed by atoms with van der Waals surface area (Å²) in [5.41, 5.74) is 3.17. The molecule has 31 heavy (non-hydrogen) atoms. The Morgan fingerprint density at radius 3 is 2.35 bits per heavy atom. The van der Waals surface area contributed by atoms with Gasteiger partial charge in [0, 0.05) is 60.0 Å². The molecular weight excluding hydrogens is 388 g/mol. The molecule has 3 aromatic rings. The van der Waals surface area contributed by atoms with Gasteiger partial charge in [-0.3, -0.25) is 9.59 Å². The maximum Gasteiger partial charge on any atom is 0.224 e. The van der Waals surface area contributed by atoms with Gasteiger partial charge < -0.3 is 20.1 Å². The number of aryl methyl sites for hydroxylation is 1. The van der Waals surface area contributed by atoms with E-state index in [2.05, 4.69) is 65.1 Å². The Morgan fingerprint density at radius 2 is 1.61 bits per heavy atom. The van der Waals surface area contributed by atoms with Crippen molar-refractivity contribution in [1.29, 1.82) is 0 Å². The fourth-order valence-electron chi connectivity index (χ4n) is 4.09. The molecule has 0 bridgehead atoms. The number of nitrogens with one attached hydrogen (secondary N) is 2. The second-order valence-electron chi connectivity index (χ2n) is 7.77. The number of hydrogen-bond donors (Lipinski definition) is 2. The zero-order chi connectivity index (χ0) is 22.2. The zero-order valence-electron chi connectivity index (χ0n) is 18.9. The van der Waals surface area contributed by atoms with Crippen LogP contribution in [0.3, 0.4) is 0 Å². The van der Waals surface area contributed by atoms with Crippen LogP contribution in [0.1, 0.15) is 40.0 Å². The highest BCUT2D eigenvalue weighted by atomic mass is 16.2. The van der Waals surface area contributed by atoms with Crippen molar-refractivity contribution in [3.8, 4) is 0 Å². The molecule has 2 aromatic carbocycles. The van der Waals surface area contributed by atoms with Crippen LogP contribution in [-0.4, -0.2) is 47.5 Å². The van der Waals surface area contributed by atoms with Crippen molar-refractivity contribution in [3.63, 3.8) is 0 Å². The molecule has 2 amide bonds. The molecule has 0 aliphatic heterocycles. The summed E-state index contributed by atoms with van der Waals surface area (Å²) in [6.07, 6.45) is 1.24. The van der Waals surface area contributed by atoms with Crippen LogP contribution in [0, 0.1) is 0 Å². The SMILES string of the molecule is CCN(CC)CCNC(=O)CCCC(=O)Nc1ccc2c(c1)c1ccccc1n2CC. The predicted octanol–water partition coefficient (Wildman–Crippen LogP) is 4.38. The lowest BCUT2D eigenvalue weighted by molar-refractivity contribution is -0.121. The number of aromatic nitrogens is 1. The molecule has 6 nitrogen and oxygen atoms in total. The summed E-state index contributed by atoms with van der Waals surface area (Å²) in [5.74, 6) is -0.0525. The van der Waals surface area contributed by atoms with Crippen LogP contribution in [0.15, 0.2) is 42.5 Å². The molecule has 2 N–H and O–H groups in total. The number of hydrogen-bond acceptors (Lipinski definition) is 3. The maximum atomic E-state index is 12.4. The average molecular weight is 423 g/mol. The average Bonchev–Trinajstić information content (AvgIpc) is 3.09. The van der Waals surface area contributed by atoms with Crippen molar-refractivity contribution in [2.45, 2.75) is 46.6 Å². The van der Waals surface area contributed by atoms with Gasteiger partial charge in [-0.25, -0.2) is 0 Å². The van der Waals surface area contributed by atoms with Gasteiger partial charge in [-0.2, -0.15) is 0 Å². The Labute approximate surface area is 184 Å². The molecule has 1 aromatic heterocycles. The standard InChI is InChI=1S/C25H34N4O2/c1-4-28(5-2)17-16-26-24(30)12-9-13-25(31)27-19-14-15-23-21(18-19)20-10-7-8-11-22(20)29(23)6-3/h7-8,10-11,14-15,18H,4-6,9,12-13,16-17H2,1-3H3,(H,26,30)(H,27,31). The first-order valence-corrected chi connectivity index (χ1v) is 11.4. The highest BCUT2D eigenvalue weighted by molar-refractivity contribution is 6.09. The first-order valence-electron chi connectivity index (χ1n) is 11.4. The number of nitrogens with zero attached hydrogens (tertiary/aromatic N) is 2. The number of amides is 2. The van der Waals surface area contributed by atoms with Crippen molar-refractivity contribution >= 4 is 39.3 Å². The second-order valence-corrected chi connectivity index (χ2v) is 7.77. The Balaban J connectivity index is 1.52. The smallest absolute Gasteiger partial charge is 0.224 e. The minimum Gasteiger partial charge on any atom is -0.355 e. The summed E-state index contributed by atoms with van der Waals surface area (Å²) in [6, 6.07) is 14.4. The molecular formula is C25H34N4O2. The lowest BCUT2D eigenvalue weighted by atomic mass is 10.1. The van der Waals surface area contributed by atoms with Gasteiger partial charge in [0.1, 0.15) is 0 Å². The molecule has 1 heterocycles. The van der Waals surface area contributed by atoms with Gasteiger partial charge in [-0.1, -0.05) is 32.0 Å². The van der Waals surface area contributed by atoms with Gasteiger partial charge in [-0.15, -0.1) is 0 Å². The molecule has 3 rings (SSSR count). The number of para-hydroxylation sites is 1. The van der Waals surface area contributed by atoms with Gasteiger partial charge in [0.2, 0.25) is 11.8 Å². The molecule has 0 unspecified atom stereocenters. The van der Waals surface area contributed by atoms with Crippen LogP contribution in [-0.2, 0) is 16.1 Å². The monoisotopic (exact) mass is 422 g/mol. The van der Waals surface area contributed by atoms with E-state index in [0.29, 0.717) is 25.8 Å². The second kappa shape index (κ2) is 11.0. The van der Waals surface area contributed by atoms with E-state index in [1.165, 1.54) is 16.4 Å². The van der Waals surface area contributed by atoms with Crippen LogP contribution >= 0.6 is 0 Å². The number of carbonyl (C=O) groups is 2. The molecule has 6 heteroatoms. The molecule has 0 spiro atoms. The highest BCUT2D eigenvalue weighted by Crippen LogP contribution is 2.31. The predicted molar refractivity (Wildman–Crippen MR) is 128 cm³/mol. The summed E-state index contributed by atoms with van der Waals surface area (Å²) >= 11 is 0. The van der Waals surface area contributed by atoms with Crippen LogP contribution in [0.2, 0.25) is 0 Å². The van der Waals surface area contributed by atoms with Crippen molar-refractivity contribution < 1.29 is 9.59 Å². The normalized spacial score (nSPS) is 11.4. The number of benzene rings is 2. The van der Waals surface area contributed by atoms with E-state index < -0.39 is 0 Å². The van der Waals surface area contributed by atoms with Crippen LogP contribution in [0.4, 0.5) is 5.69 Å². The molecule has 0 atom stereocenters. The lowest BCUT2D eigenvalue weighted by Gasteiger charge is -2.17. The summed E-state index contributed by atoms with van der Waals surface area (Å²) in [7, 11) is 0. The van der Waals surface area contributed by atoms with Crippen molar-refractivity contribution in [2.24, 2.45) is 0 Å². The maximum absolute atomic E-state index is 12.4. The molecule has 166 valence electrons. The first kappa shape index (κ1) is 22.8. The van der Waals surface area contributed by atoms with E-state index in [0.717, 1.165) is 37.3 Å². The minimum absolute atomic E-state index is 0.00810. The first-order chi connectivity index (χ1) is 15.1. The fraction of sp³-hybridized carbons (Fsp3) is 0.440. The third kappa shape index (κ3) is 5.64. The van der Waals surface area contributed by atoms with Crippen LogP contribution in [0.25, 0.3) is 21.8 Å². The number of fused-ring (bicyclic) bond motifs is 3. The third-order valence-electron chi connectivity index (χ3n) is 5.82. The number of anilines is 1. The molecule has 0 aliphatic rings. The summed E-state index contributed by atoms with van der Waals surface area (Å²) in [5, 5.41) is 8.26. The highest BCUT2D eigenvalue weighted by Gasteiger charge is 2.11. The number of rotatable bonds is 11. The van der Waals surface area contributed by atoms with E-state index in [1.54, 1.807) is 0 Å². The largest absolute Gasteiger partial charge is 0.355 e. The molecule has 0 fully saturated rings. The van der Waals surface area contributed by atoms with Gasteiger partial charge in [0.25, 0.3) is 0 Å². The molecule has 0 radical (unpaired) electrons. The van der Waals surface area contributed by atoms with Crippen LogP contribution < -0.4 is 10.6 Å². The van der Waals surface area contributed by atoms with E-state index in [9.17, 15) is 9.59 Å². The minimum atomic E-state index is -0.0606. The van der Waals surface area contributed by atoms with Crippen molar-refractivity contribution in [1.82, 2.24) is 14.8 Å². The Morgan fingerprint density at radius 1 is 0.903 bits per heavy atom. The zero-order valence-corrected chi connectivity index (χ0v) is 18.9. The fourth-order valence-corrected chi connectivity index (χ4v) is 4.09. The van der Waals surface area contributed by atoms with Crippen molar-refractivity contribution in [2.75, 3.05) is 31.5 Å². The van der Waals surface area contributed by atoms with E-state index in [1.807, 2.05) is 18.2 Å². The summed E-state index contributed by atoms with van der Waals surface area (Å²) in [4.78, 5) is 26.6. The molecule has 0 saturated carbocycles. The summed E-state index contributed by atoms with van der Waals surface area (Å²) < 4.78 is 2.29. The quantitative estimate of drug-likeness (QED) is 0.482. The molecule has 0 saturated heterocycles. The Bertz CT molecular complexity index is 1040. The van der Waals surface area contributed by atoms with E-state index in [4.69, 9.17) is 0 Å². The van der Waals surface area contributed by atoms with E-state index >= 15 is 0 Å². The molecule has 0 aliphatic carbocycles.